The maximum Gasteiger partial charge on any atom is 0.0349 e. The Hall–Kier alpha value is -0.980. The van der Waals surface area contributed by atoms with Crippen LogP contribution in [-0.2, 0) is 0 Å². The zero-order valence-corrected chi connectivity index (χ0v) is 9.58. The summed E-state index contributed by atoms with van der Waals surface area (Å²) in [5, 5.41) is 0. The van der Waals surface area contributed by atoms with Gasteiger partial charge in [-0.05, 0) is 36.3 Å². The van der Waals surface area contributed by atoms with Gasteiger partial charge in [0.2, 0.25) is 0 Å². The molecule has 1 fully saturated rings. The Bertz CT molecular complexity index is 319. The molecule has 15 heavy (non-hydrogen) atoms. The standard InChI is InChI=1S/C14H21N/c1-2-11-6-5-7-12(10-11)13-8-3-4-9-14(13)15/h3-4,8-9,11-12H,2,5-7,10,15H2,1H3. The summed E-state index contributed by atoms with van der Waals surface area (Å²) >= 11 is 0. The van der Waals surface area contributed by atoms with Crippen molar-refractivity contribution in [2.24, 2.45) is 5.92 Å². The molecule has 2 N–H and O–H groups in total. The smallest absolute Gasteiger partial charge is 0.0349 e. The van der Waals surface area contributed by atoms with Gasteiger partial charge in [0.15, 0.2) is 0 Å². The Morgan fingerprint density at radius 1 is 1.27 bits per heavy atom. The molecule has 1 aromatic carbocycles. The minimum atomic E-state index is 0.713. The molecule has 1 aliphatic rings. The largest absolute Gasteiger partial charge is 0.398 e. The van der Waals surface area contributed by atoms with Gasteiger partial charge in [-0.25, -0.2) is 0 Å². The average Bonchev–Trinajstić information content (AvgIpc) is 2.30. The first-order valence-corrected chi connectivity index (χ1v) is 6.15. The Labute approximate surface area is 92.7 Å². The molecular formula is C14H21N. The van der Waals surface area contributed by atoms with Crippen LogP contribution in [0.2, 0.25) is 0 Å². The van der Waals surface area contributed by atoms with Crippen LogP contribution in [0, 0.1) is 5.92 Å². The van der Waals surface area contributed by atoms with Crippen LogP contribution in [0.5, 0.6) is 0 Å². The van der Waals surface area contributed by atoms with E-state index < -0.39 is 0 Å². The summed E-state index contributed by atoms with van der Waals surface area (Å²) in [7, 11) is 0. The Morgan fingerprint density at radius 3 is 2.80 bits per heavy atom. The van der Waals surface area contributed by atoms with E-state index in [-0.39, 0.29) is 0 Å². The van der Waals surface area contributed by atoms with E-state index in [9.17, 15) is 0 Å². The van der Waals surface area contributed by atoms with E-state index in [4.69, 9.17) is 5.73 Å². The molecule has 2 atom stereocenters. The minimum Gasteiger partial charge on any atom is -0.398 e. The van der Waals surface area contributed by atoms with Gasteiger partial charge in [0.1, 0.15) is 0 Å². The third-order valence-corrected chi connectivity index (χ3v) is 3.80. The van der Waals surface area contributed by atoms with E-state index in [0.29, 0.717) is 5.92 Å². The number of benzene rings is 1. The van der Waals surface area contributed by atoms with Gasteiger partial charge in [0, 0.05) is 5.69 Å². The Morgan fingerprint density at radius 2 is 2.07 bits per heavy atom. The summed E-state index contributed by atoms with van der Waals surface area (Å²) < 4.78 is 0. The van der Waals surface area contributed by atoms with Crippen molar-refractivity contribution in [1.29, 1.82) is 0 Å². The minimum absolute atomic E-state index is 0.713. The van der Waals surface area contributed by atoms with Crippen molar-refractivity contribution in [3.63, 3.8) is 0 Å². The van der Waals surface area contributed by atoms with Crippen molar-refractivity contribution < 1.29 is 0 Å². The number of rotatable bonds is 2. The van der Waals surface area contributed by atoms with Gasteiger partial charge in [-0.2, -0.15) is 0 Å². The van der Waals surface area contributed by atoms with Gasteiger partial charge in [-0.15, -0.1) is 0 Å². The molecule has 1 aliphatic carbocycles. The van der Waals surface area contributed by atoms with Crippen LogP contribution >= 0.6 is 0 Å². The summed E-state index contributed by atoms with van der Waals surface area (Å²) in [5.41, 5.74) is 8.41. The summed E-state index contributed by atoms with van der Waals surface area (Å²) in [6.07, 6.45) is 6.77. The predicted octanol–water partition coefficient (Wildman–Crippen LogP) is 3.95. The molecule has 2 unspecified atom stereocenters. The second-order valence-electron chi connectivity index (χ2n) is 4.77. The average molecular weight is 203 g/mol. The second kappa shape index (κ2) is 4.69. The fourth-order valence-electron chi connectivity index (χ4n) is 2.83. The first kappa shape index (κ1) is 10.5. The van der Waals surface area contributed by atoms with E-state index in [1.165, 1.54) is 37.7 Å². The monoisotopic (exact) mass is 203 g/mol. The highest BCUT2D eigenvalue weighted by Gasteiger charge is 2.22. The van der Waals surface area contributed by atoms with Gasteiger partial charge >= 0.3 is 0 Å². The molecule has 0 aromatic heterocycles. The molecular weight excluding hydrogens is 182 g/mol. The first-order chi connectivity index (χ1) is 7.31. The highest BCUT2D eigenvalue weighted by molar-refractivity contribution is 5.48. The predicted molar refractivity (Wildman–Crippen MR) is 65.8 cm³/mol. The molecule has 0 radical (unpaired) electrons. The van der Waals surface area contributed by atoms with Gasteiger partial charge in [0.05, 0.1) is 0 Å². The summed E-state index contributed by atoms with van der Waals surface area (Å²) in [6, 6.07) is 8.38. The molecule has 1 heteroatoms. The van der Waals surface area contributed by atoms with Crippen LogP contribution in [0.3, 0.4) is 0 Å². The third-order valence-electron chi connectivity index (χ3n) is 3.80. The van der Waals surface area contributed by atoms with E-state index in [1.807, 2.05) is 12.1 Å². The van der Waals surface area contributed by atoms with Gasteiger partial charge in [-0.1, -0.05) is 44.4 Å². The van der Waals surface area contributed by atoms with Crippen molar-refractivity contribution in [2.45, 2.75) is 44.9 Å². The van der Waals surface area contributed by atoms with Crippen molar-refractivity contribution in [3.05, 3.63) is 29.8 Å². The lowest BCUT2D eigenvalue weighted by molar-refractivity contribution is 0.315. The van der Waals surface area contributed by atoms with Gasteiger partial charge < -0.3 is 5.73 Å². The first-order valence-electron chi connectivity index (χ1n) is 6.15. The quantitative estimate of drug-likeness (QED) is 0.723. The summed E-state index contributed by atoms with van der Waals surface area (Å²) in [6.45, 7) is 2.31. The van der Waals surface area contributed by atoms with E-state index in [2.05, 4.69) is 19.1 Å². The molecule has 1 saturated carbocycles. The van der Waals surface area contributed by atoms with Crippen molar-refractivity contribution in [3.8, 4) is 0 Å². The van der Waals surface area contributed by atoms with Crippen LogP contribution in [0.15, 0.2) is 24.3 Å². The number of hydrogen-bond donors (Lipinski definition) is 1. The van der Waals surface area contributed by atoms with Crippen LogP contribution in [0.4, 0.5) is 5.69 Å². The molecule has 0 heterocycles. The maximum atomic E-state index is 6.04. The second-order valence-corrected chi connectivity index (χ2v) is 4.77. The zero-order valence-electron chi connectivity index (χ0n) is 9.58. The molecule has 82 valence electrons. The van der Waals surface area contributed by atoms with Gasteiger partial charge in [0.25, 0.3) is 0 Å². The lowest BCUT2D eigenvalue weighted by atomic mass is 9.77. The van der Waals surface area contributed by atoms with E-state index in [0.717, 1.165) is 11.6 Å². The highest BCUT2D eigenvalue weighted by atomic mass is 14.6. The number of nitrogen functional groups attached to an aromatic ring is 1. The fraction of sp³-hybridized carbons (Fsp3) is 0.571. The Balaban J connectivity index is 2.13. The summed E-state index contributed by atoms with van der Waals surface area (Å²) in [5.74, 6) is 1.63. The highest BCUT2D eigenvalue weighted by Crippen LogP contribution is 2.39. The molecule has 0 aliphatic heterocycles. The van der Waals surface area contributed by atoms with E-state index >= 15 is 0 Å². The van der Waals surface area contributed by atoms with Crippen LogP contribution < -0.4 is 5.73 Å². The van der Waals surface area contributed by atoms with E-state index in [1.54, 1.807) is 0 Å². The molecule has 0 spiro atoms. The fourth-order valence-corrected chi connectivity index (χ4v) is 2.83. The normalized spacial score (nSPS) is 26.5. The van der Waals surface area contributed by atoms with Crippen molar-refractivity contribution in [2.75, 3.05) is 5.73 Å². The number of hydrogen-bond acceptors (Lipinski definition) is 1. The molecule has 1 aromatic rings. The zero-order chi connectivity index (χ0) is 10.7. The topological polar surface area (TPSA) is 26.0 Å². The SMILES string of the molecule is CCC1CCCC(c2ccccc2N)C1. The molecule has 1 nitrogen and oxygen atoms in total. The lowest BCUT2D eigenvalue weighted by Gasteiger charge is -2.29. The number of anilines is 1. The van der Waals surface area contributed by atoms with Crippen LogP contribution in [0.25, 0.3) is 0 Å². The number of nitrogens with two attached hydrogens (primary N) is 1. The lowest BCUT2D eigenvalue weighted by Crippen LogP contribution is -2.14. The van der Waals surface area contributed by atoms with Gasteiger partial charge in [-0.3, -0.25) is 0 Å². The number of para-hydroxylation sites is 1. The van der Waals surface area contributed by atoms with Crippen molar-refractivity contribution in [1.82, 2.24) is 0 Å². The van der Waals surface area contributed by atoms with Crippen molar-refractivity contribution >= 4 is 5.69 Å². The van der Waals surface area contributed by atoms with Crippen LogP contribution in [-0.4, -0.2) is 0 Å². The molecule has 0 bridgehead atoms. The Kier molecular flexibility index (Phi) is 3.30. The molecule has 2 rings (SSSR count). The van der Waals surface area contributed by atoms with Crippen LogP contribution in [0.1, 0.15) is 50.5 Å². The summed E-state index contributed by atoms with van der Waals surface area (Å²) in [4.78, 5) is 0. The molecule has 0 amide bonds. The molecule has 0 saturated heterocycles. The maximum absolute atomic E-state index is 6.04. The third kappa shape index (κ3) is 2.34.